The van der Waals surface area contributed by atoms with Gasteiger partial charge in [0.1, 0.15) is 0 Å². The van der Waals surface area contributed by atoms with Crippen molar-refractivity contribution in [3.8, 4) is 0 Å². The van der Waals surface area contributed by atoms with Crippen LogP contribution in [-0.2, 0) is 4.74 Å². The zero-order valence-electron chi connectivity index (χ0n) is 8.46. The lowest BCUT2D eigenvalue weighted by molar-refractivity contribution is 0.157. The monoisotopic (exact) mass is 187 g/mol. The van der Waals surface area contributed by atoms with Crippen LogP contribution in [0.5, 0.6) is 0 Å². The first-order valence-electron chi connectivity index (χ1n) is 5.21. The molecule has 78 valence electrons. The highest BCUT2D eigenvalue weighted by molar-refractivity contribution is 4.86. The molecule has 0 aromatic rings. The second-order valence-corrected chi connectivity index (χ2v) is 3.78. The van der Waals surface area contributed by atoms with E-state index in [0.717, 1.165) is 31.9 Å². The molecule has 0 saturated heterocycles. The Hall–Kier alpha value is -0.120. The van der Waals surface area contributed by atoms with Crippen LogP contribution in [0, 0.1) is 5.92 Å². The molecule has 0 aliphatic heterocycles. The van der Waals surface area contributed by atoms with Crippen LogP contribution in [0.4, 0.5) is 0 Å². The minimum atomic E-state index is 0.306. The highest BCUT2D eigenvalue weighted by Crippen LogP contribution is 2.32. The van der Waals surface area contributed by atoms with Gasteiger partial charge in [-0.25, -0.2) is 0 Å². The van der Waals surface area contributed by atoms with Crippen molar-refractivity contribution in [2.24, 2.45) is 5.92 Å². The third kappa shape index (κ3) is 4.60. The second-order valence-electron chi connectivity index (χ2n) is 3.78. The fourth-order valence-corrected chi connectivity index (χ4v) is 1.56. The third-order valence-electron chi connectivity index (χ3n) is 2.53. The molecule has 0 radical (unpaired) electrons. The Balaban J connectivity index is 2.00. The standard InChI is InChI=1S/C10H21NO2/c1-13-8-10(9-4-5-9)11-6-2-3-7-12/h9-12H,2-8H2,1H3. The van der Waals surface area contributed by atoms with Crippen molar-refractivity contribution in [2.75, 3.05) is 26.9 Å². The third-order valence-corrected chi connectivity index (χ3v) is 2.53. The normalized spacial score (nSPS) is 18.9. The molecular formula is C10H21NO2. The molecule has 1 unspecified atom stereocenters. The van der Waals surface area contributed by atoms with Gasteiger partial charge in [-0.15, -0.1) is 0 Å². The van der Waals surface area contributed by atoms with Crippen LogP contribution in [-0.4, -0.2) is 38.0 Å². The van der Waals surface area contributed by atoms with Gasteiger partial charge >= 0.3 is 0 Å². The molecule has 0 aromatic heterocycles. The van der Waals surface area contributed by atoms with Crippen LogP contribution in [0.2, 0.25) is 0 Å². The number of aliphatic hydroxyl groups is 1. The molecule has 2 N–H and O–H groups in total. The van der Waals surface area contributed by atoms with Crippen molar-refractivity contribution < 1.29 is 9.84 Å². The summed E-state index contributed by atoms with van der Waals surface area (Å²) in [5, 5.41) is 12.1. The van der Waals surface area contributed by atoms with Gasteiger partial charge in [0.05, 0.1) is 6.61 Å². The molecule has 3 heteroatoms. The fourth-order valence-electron chi connectivity index (χ4n) is 1.56. The Morgan fingerprint density at radius 3 is 2.77 bits per heavy atom. The van der Waals surface area contributed by atoms with E-state index in [-0.39, 0.29) is 0 Å². The molecule has 13 heavy (non-hydrogen) atoms. The number of hydrogen-bond acceptors (Lipinski definition) is 3. The predicted molar refractivity (Wildman–Crippen MR) is 52.7 cm³/mol. The smallest absolute Gasteiger partial charge is 0.0618 e. The van der Waals surface area contributed by atoms with Crippen molar-refractivity contribution in [3.05, 3.63) is 0 Å². The van der Waals surface area contributed by atoms with E-state index in [0.29, 0.717) is 12.6 Å². The van der Waals surface area contributed by atoms with Gasteiger partial charge in [-0.2, -0.15) is 0 Å². The molecule has 1 fully saturated rings. The lowest BCUT2D eigenvalue weighted by Crippen LogP contribution is -2.35. The summed E-state index contributed by atoms with van der Waals surface area (Å²) in [6.45, 7) is 2.13. The zero-order chi connectivity index (χ0) is 9.52. The molecule has 1 rings (SSSR count). The van der Waals surface area contributed by atoms with Crippen LogP contribution >= 0.6 is 0 Å². The summed E-state index contributed by atoms with van der Waals surface area (Å²) in [5.74, 6) is 0.842. The summed E-state index contributed by atoms with van der Waals surface area (Å²) >= 11 is 0. The molecule has 1 aliphatic carbocycles. The van der Waals surface area contributed by atoms with Crippen LogP contribution in [0.3, 0.4) is 0 Å². The number of unbranched alkanes of at least 4 members (excludes halogenated alkanes) is 1. The molecule has 1 saturated carbocycles. The Morgan fingerprint density at radius 2 is 2.23 bits per heavy atom. The minimum Gasteiger partial charge on any atom is -0.396 e. The summed E-state index contributed by atoms with van der Waals surface area (Å²) < 4.78 is 5.15. The van der Waals surface area contributed by atoms with Crippen LogP contribution < -0.4 is 5.32 Å². The maximum Gasteiger partial charge on any atom is 0.0618 e. The van der Waals surface area contributed by atoms with Crippen molar-refractivity contribution in [1.29, 1.82) is 0 Å². The molecule has 0 amide bonds. The molecule has 0 bridgehead atoms. The minimum absolute atomic E-state index is 0.306. The van der Waals surface area contributed by atoms with E-state index in [2.05, 4.69) is 5.32 Å². The van der Waals surface area contributed by atoms with Gasteiger partial charge in [0.15, 0.2) is 0 Å². The molecular weight excluding hydrogens is 166 g/mol. The van der Waals surface area contributed by atoms with Gasteiger partial charge in [-0.1, -0.05) is 0 Å². The van der Waals surface area contributed by atoms with Gasteiger partial charge in [0, 0.05) is 19.8 Å². The second kappa shape index (κ2) is 6.35. The van der Waals surface area contributed by atoms with E-state index in [1.54, 1.807) is 7.11 Å². The van der Waals surface area contributed by atoms with Crippen LogP contribution in [0.1, 0.15) is 25.7 Å². The predicted octanol–water partition coefficient (Wildman–Crippen LogP) is 0.773. The van der Waals surface area contributed by atoms with Crippen LogP contribution in [0.15, 0.2) is 0 Å². The van der Waals surface area contributed by atoms with Gasteiger partial charge in [-0.3, -0.25) is 0 Å². The number of rotatable bonds is 8. The molecule has 3 nitrogen and oxygen atoms in total. The topological polar surface area (TPSA) is 41.5 Å². The average Bonchev–Trinajstić information content (AvgIpc) is 2.93. The molecule has 1 aliphatic rings. The van der Waals surface area contributed by atoms with E-state index < -0.39 is 0 Å². The van der Waals surface area contributed by atoms with Gasteiger partial charge in [0.2, 0.25) is 0 Å². The largest absolute Gasteiger partial charge is 0.396 e. The molecule has 0 aromatic carbocycles. The highest BCUT2D eigenvalue weighted by Gasteiger charge is 2.30. The molecule has 0 spiro atoms. The quantitative estimate of drug-likeness (QED) is 0.552. The Morgan fingerprint density at radius 1 is 1.46 bits per heavy atom. The number of hydrogen-bond donors (Lipinski definition) is 2. The summed E-state index contributed by atoms with van der Waals surface area (Å²) in [6.07, 6.45) is 4.66. The Labute approximate surface area is 80.5 Å². The average molecular weight is 187 g/mol. The van der Waals surface area contributed by atoms with Crippen molar-refractivity contribution in [1.82, 2.24) is 5.32 Å². The van der Waals surface area contributed by atoms with E-state index in [1.165, 1.54) is 12.8 Å². The Kier molecular flexibility index (Phi) is 5.35. The first kappa shape index (κ1) is 11.0. The van der Waals surface area contributed by atoms with Gasteiger partial charge in [-0.05, 0) is 38.1 Å². The molecule has 1 atom stereocenters. The number of aliphatic hydroxyl groups excluding tert-OH is 1. The summed E-state index contributed by atoms with van der Waals surface area (Å²) in [6, 6.07) is 0.545. The summed E-state index contributed by atoms with van der Waals surface area (Å²) in [4.78, 5) is 0. The lowest BCUT2D eigenvalue weighted by atomic mass is 10.2. The number of ether oxygens (including phenoxy) is 1. The summed E-state index contributed by atoms with van der Waals surface area (Å²) in [7, 11) is 1.75. The van der Waals surface area contributed by atoms with E-state index in [1.807, 2.05) is 0 Å². The maximum absolute atomic E-state index is 8.60. The van der Waals surface area contributed by atoms with E-state index in [9.17, 15) is 0 Å². The van der Waals surface area contributed by atoms with Crippen LogP contribution in [0.25, 0.3) is 0 Å². The van der Waals surface area contributed by atoms with Crippen molar-refractivity contribution in [3.63, 3.8) is 0 Å². The Bertz CT molecular complexity index is 126. The first-order valence-corrected chi connectivity index (χ1v) is 5.21. The summed E-state index contributed by atoms with van der Waals surface area (Å²) in [5.41, 5.74) is 0. The molecule has 0 heterocycles. The number of methoxy groups -OCH3 is 1. The number of nitrogens with one attached hydrogen (secondary N) is 1. The highest BCUT2D eigenvalue weighted by atomic mass is 16.5. The van der Waals surface area contributed by atoms with Crippen molar-refractivity contribution >= 4 is 0 Å². The van der Waals surface area contributed by atoms with Gasteiger partial charge in [0.25, 0.3) is 0 Å². The fraction of sp³-hybridized carbons (Fsp3) is 1.00. The zero-order valence-corrected chi connectivity index (χ0v) is 8.46. The van der Waals surface area contributed by atoms with Crippen molar-refractivity contribution in [2.45, 2.75) is 31.7 Å². The SMILES string of the molecule is COCC(NCCCCO)C1CC1. The van der Waals surface area contributed by atoms with E-state index >= 15 is 0 Å². The van der Waals surface area contributed by atoms with Gasteiger partial charge < -0.3 is 15.2 Å². The van der Waals surface area contributed by atoms with E-state index in [4.69, 9.17) is 9.84 Å². The first-order chi connectivity index (χ1) is 6.38. The maximum atomic E-state index is 8.60. The lowest BCUT2D eigenvalue weighted by Gasteiger charge is -2.16.